The number of carbonyl (C=O) groups excluding carboxylic acids is 3. The molecule has 3 fully saturated rings. The van der Waals surface area contributed by atoms with Crippen molar-refractivity contribution in [3.63, 3.8) is 0 Å². The quantitative estimate of drug-likeness (QED) is 0.0375. The summed E-state index contributed by atoms with van der Waals surface area (Å²) in [7, 11) is -16.7. The van der Waals surface area contributed by atoms with Gasteiger partial charge in [-0.15, -0.1) is 0 Å². The molecule has 3 amide bonds. The third-order valence-electron chi connectivity index (χ3n) is 9.31. The van der Waals surface area contributed by atoms with Gasteiger partial charge in [0.25, 0.3) is 0 Å². The van der Waals surface area contributed by atoms with Crippen molar-refractivity contribution < 1.29 is 70.6 Å². The third-order valence-corrected chi connectivity index (χ3v) is 14.6. The van der Waals surface area contributed by atoms with Gasteiger partial charge >= 0.3 is 29.5 Å². The van der Waals surface area contributed by atoms with Crippen molar-refractivity contribution in [3.05, 3.63) is 18.1 Å². The van der Waals surface area contributed by atoms with Crippen LogP contribution in [0.3, 0.4) is 0 Å². The maximum Gasteiger partial charge on any atom is 0.490 e. The van der Waals surface area contributed by atoms with Crippen molar-refractivity contribution in [3.8, 4) is 11.8 Å². The number of ether oxygens (including phenoxy) is 1. The number of hydrogen-bond acceptors (Lipinski definition) is 15. The Morgan fingerprint density at radius 3 is 2.47 bits per heavy atom. The van der Waals surface area contributed by atoms with Crippen molar-refractivity contribution >= 4 is 69.8 Å². The number of ketones is 1. The van der Waals surface area contributed by atoms with Gasteiger partial charge in [-0.3, -0.25) is 14.1 Å². The lowest BCUT2D eigenvalue weighted by Gasteiger charge is -2.19. The van der Waals surface area contributed by atoms with E-state index in [1.54, 1.807) is 0 Å². The molecule has 5 rings (SSSR count). The number of phosphoric ester groups is 1. The van der Waals surface area contributed by atoms with Gasteiger partial charge in [0.05, 0.1) is 42.3 Å². The van der Waals surface area contributed by atoms with Crippen LogP contribution in [0.2, 0.25) is 0 Å². The zero-order valence-corrected chi connectivity index (χ0v) is 34.0. The highest BCUT2D eigenvalue weighted by molar-refractivity contribution is 8.00. The first-order valence-electron chi connectivity index (χ1n) is 18.1. The van der Waals surface area contributed by atoms with E-state index in [4.69, 9.17) is 20.3 Å². The molecule has 316 valence electrons. The molecule has 2 aromatic rings. The van der Waals surface area contributed by atoms with Crippen LogP contribution in [0.15, 0.2) is 12.5 Å². The van der Waals surface area contributed by atoms with Gasteiger partial charge in [0.15, 0.2) is 0 Å². The minimum Gasteiger partial charge on any atom is -0.390 e. The van der Waals surface area contributed by atoms with Gasteiger partial charge in [-0.2, -0.15) is 20.4 Å². The molecular formula is C31H46N7O15P3S. The monoisotopic (exact) mass is 881 g/mol. The second-order valence-electron chi connectivity index (χ2n) is 13.6. The van der Waals surface area contributed by atoms with Gasteiger partial charge < -0.3 is 55.7 Å². The Hall–Kier alpha value is -2.93. The van der Waals surface area contributed by atoms with E-state index in [-0.39, 0.29) is 54.2 Å². The number of phosphoric acid groups is 3. The summed E-state index contributed by atoms with van der Waals surface area (Å²) in [5, 5.41) is 20.0. The number of aliphatic hydroxyl groups is 1. The van der Waals surface area contributed by atoms with Crippen LogP contribution in [0.25, 0.3) is 11.0 Å². The number of amides is 3. The molecule has 8 atom stereocenters. The van der Waals surface area contributed by atoms with E-state index < -0.39 is 48.5 Å². The maximum absolute atomic E-state index is 12.4. The predicted octanol–water partition coefficient (Wildman–Crippen LogP) is 2.11. The van der Waals surface area contributed by atoms with Crippen molar-refractivity contribution in [2.45, 2.75) is 106 Å². The Morgan fingerprint density at radius 1 is 1.02 bits per heavy atom. The molecule has 57 heavy (non-hydrogen) atoms. The van der Waals surface area contributed by atoms with Gasteiger partial charge in [-0.25, -0.2) is 28.5 Å². The molecule has 2 unspecified atom stereocenters. The lowest BCUT2D eigenvalue weighted by molar-refractivity contribution is -0.121. The van der Waals surface area contributed by atoms with Crippen LogP contribution in [-0.2, 0) is 41.2 Å². The first kappa shape index (κ1) is 45.2. The number of thioether (sulfide) groups is 1. The molecule has 10 N–H and O–H groups in total. The largest absolute Gasteiger partial charge is 0.490 e. The average Bonchev–Trinajstić information content (AvgIpc) is 3.87. The fourth-order valence-electron chi connectivity index (χ4n) is 6.70. The predicted molar refractivity (Wildman–Crippen MR) is 203 cm³/mol. The van der Waals surface area contributed by atoms with Gasteiger partial charge in [0.2, 0.25) is 5.91 Å². The average molecular weight is 882 g/mol. The summed E-state index contributed by atoms with van der Waals surface area (Å²) >= 11 is 1.87. The van der Waals surface area contributed by atoms with E-state index >= 15 is 0 Å². The SMILES string of the molecule is Nc1ncnc2c1c(C#CCNC(=O)CCCCCCC(=O)CCCC[C@@H]1SC[C@@H]3NC(=O)N[C@@H]31)cn2[C@H]1C[C@H](O)[C@@H](COP(=O)(O)OP(=O)(O)OP(=O)(O)O)O1. The molecule has 0 bridgehead atoms. The lowest BCUT2D eigenvalue weighted by Crippen LogP contribution is -2.36. The highest BCUT2D eigenvalue weighted by atomic mass is 32.2. The molecule has 0 aromatic carbocycles. The number of anilines is 1. The highest BCUT2D eigenvalue weighted by Gasteiger charge is 2.44. The maximum atomic E-state index is 12.4. The summed E-state index contributed by atoms with van der Waals surface area (Å²) in [6.45, 7) is -0.824. The van der Waals surface area contributed by atoms with E-state index in [2.05, 4.69) is 50.9 Å². The van der Waals surface area contributed by atoms with Gasteiger partial charge in [0.1, 0.15) is 35.9 Å². The molecule has 0 saturated carbocycles. The minimum absolute atomic E-state index is 0.0289. The molecular weight excluding hydrogens is 835 g/mol. The standard InChI is InChI=1S/C31H46N7O15P3S/c32-29-27-19(8-7-13-33-25(41)12-4-2-1-3-9-20(39)10-5-6-11-24-28-21(17-57-24)36-31(42)37-28)15-38(30(27)35-18-34-29)26-14-22(40)23(51-26)16-50-55(46,47)53-56(48,49)52-54(43,44)45/h15,18,21-24,26,28,40H,1-6,9-14,16-17H2,(H,33,41)(H,46,47)(H,48,49)(H2,32,34,35)(H2,36,37,42)(H2,43,44,45)/t21-,22-,23+,24-,26+,28-/m0/s1. The highest BCUT2D eigenvalue weighted by Crippen LogP contribution is 2.66. The number of aromatic nitrogens is 3. The minimum atomic E-state index is -5.73. The molecule has 26 heteroatoms. The number of aliphatic hydroxyl groups excluding tert-OH is 1. The molecule has 2 aromatic heterocycles. The topological polar surface area (TPSA) is 333 Å². The Labute approximate surface area is 331 Å². The second-order valence-corrected chi connectivity index (χ2v) is 19.3. The summed E-state index contributed by atoms with van der Waals surface area (Å²) < 4.78 is 53.8. The summed E-state index contributed by atoms with van der Waals surface area (Å²) in [4.78, 5) is 80.9. The van der Waals surface area contributed by atoms with Crippen molar-refractivity contribution in [1.29, 1.82) is 0 Å². The number of urea groups is 1. The van der Waals surface area contributed by atoms with Crippen LogP contribution < -0.4 is 21.7 Å². The van der Waals surface area contributed by atoms with Crippen molar-refractivity contribution in [1.82, 2.24) is 30.5 Å². The zero-order chi connectivity index (χ0) is 41.4. The van der Waals surface area contributed by atoms with Crippen LogP contribution >= 0.6 is 35.2 Å². The Kier molecular flexibility index (Phi) is 15.8. The molecule has 0 spiro atoms. The van der Waals surface area contributed by atoms with E-state index in [1.165, 1.54) is 17.1 Å². The normalized spacial score (nSPS) is 25.2. The number of nitrogens with two attached hydrogens (primary N) is 1. The number of Topliss-reactive ketones (excluding diaryl/α,β-unsaturated/α-hetero) is 1. The van der Waals surface area contributed by atoms with Crippen molar-refractivity contribution in [2.24, 2.45) is 0 Å². The Morgan fingerprint density at radius 2 is 1.74 bits per heavy atom. The summed E-state index contributed by atoms with van der Waals surface area (Å²) in [5.41, 5.74) is 6.77. The number of nitrogens with zero attached hydrogens (tertiary/aromatic N) is 3. The number of carbonyl (C=O) groups is 3. The summed E-state index contributed by atoms with van der Waals surface area (Å²) in [6.07, 6.45) is 6.42. The zero-order valence-electron chi connectivity index (χ0n) is 30.5. The van der Waals surface area contributed by atoms with Crippen LogP contribution in [0, 0.1) is 11.8 Å². The smallest absolute Gasteiger partial charge is 0.390 e. The number of unbranched alkanes of at least 4 members (excludes halogenated alkanes) is 4. The lowest BCUT2D eigenvalue weighted by atomic mass is 10.0. The fourth-order valence-corrected chi connectivity index (χ4v) is 11.3. The number of fused-ring (bicyclic) bond motifs is 2. The number of hydrogen-bond donors (Lipinski definition) is 9. The van der Waals surface area contributed by atoms with Crippen LogP contribution in [0.5, 0.6) is 0 Å². The molecule has 0 aliphatic carbocycles. The Balaban J connectivity index is 0.999. The van der Waals surface area contributed by atoms with Gasteiger partial charge in [-0.05, 0) is 25.7 Å². The van der Waals surface area contributed by atoms with E-state index in [1.807, 2.05) is 11.8 Å². The molecule has 22 nitrogen and oxygen atoms in total. The number of nitrogen functional groups attached to an aromatic ring is 1. The molecule has 3 aliphatic heterocycles. The second kappa shape index (κ2) is 19.9. The summed E-state index contributed by atoms with van der Waals surface area (Å²) in [5.74, 6) is 6.88. The third kappa shape index (κ3) is 13.5. The molecule has 5 heterocycles. The van der Waals surface area contributed by atoms with E-state index in [0.717, 1.165) is 44.3 Å². The van der Waals surface area contributed by atoms with Gasteiger partial charge in [0, 0.05) is 42.9 Å². The first-order valence-corrected chi connectivity index (χ1v) is 23.7. The van der Waals surface area contributed by atoms with Gasteiger partial charge in [-0.1, -0.05) is 31.1 Å². The van der Waals surface area contributed by atoms with E-state index in [0.29, 0.717) is 41.9 Å². The van der Waals surface area contributed by atoms with Crippen molar-refractivity contribution in [2.75, 3.05) is 24.6 Å². The Bertz CT molecular complexity index is 1990. The fraction of sp³-hybridized carbons (Fsp3) is 0.645. The number of rotatable bonds is 21. The first-order chi connectivity index (χ1) is 26.9. The molecule has 3 aliphatic rings. The molecule has 3 saturated heterocycles. The summed E-state index contributed by atoms with van der Waals surface area (Å²) in [6, 6.07) is 0.298. The number of nitrogens with one attached hydrogen (secondary N) is 3. The molecule has 0 radical (unpaired) electrons. The van der Waals surface area contributed by atoms with Crippen LogP contribution in [0.1, 0.15) is 82.4 Å². The van der Waals surface area contributed by atoms with E-state index in [9.17, 15) is 43.0 Å². The van der Waals surface area contributed by atoms with Crippen LogP contribution in [0.4, 0.5) is 10.6 Å². The van der Waals surface area contributed by atoms with Crippen LogP contribution in [-0.4, -0.2) is 105 Å².